The summed E-state index contributed by atoms with van der Waals surface area (Å²) in [4.78, 5) is 12.2. The summed E-state index contributed by atoms with van der Waals surface area (Å²) >= 11 is 0. The van der Waals surface area contributed by atoms with Gasteiger partial charge in [0.1, 0.15) is 11.5 Å². The molecule has 2 unspecified atom stereocenters. The van der Waals surface area contributed by atoms with Crippen LogP contribution in [0.25, 0.3) is 0 Å². The smallest absolute Gasteiger partial charge is 0.494 e. The number of hydrogen-bond donors (Lipinski definition) is 2. The summed E-state index contributed by atoms with van der Waals surface area (Å²) in [5, 5.41) is 5.26. The van der Waals surface area contributed by atoms with Gasteiger partial charge in [-0.2, -0.15) is 0 Å². The molecule has 2 aromatic rings. The highest BCUT2D eigenvalue weighted by molar-refractivity contribution is 5.99. The van der Waals surface area contributed by atoms with Crippen molar-refractivity contribution in [3.05, 3.63) is 48.5 Å². The lowest BCUT2D eigenvalue weighted by Gasteiger charge is -2.38. The molecule has 4 bridgehead atoms. The molecular formula is C25H27F3N2O3. The van der Waals surface area contributed by atoms with E-state index in [1.165, 1.54) is 44.2 Å². The fourth-order valence-electron chi connectivity index (χ4n) is 6.34. The van der Waals surface area contributed by atoms with Gasteiger partial charge < -0.3 is 20.1 Å². The lowest BCUT2D eigenvalue weighted by Crippen LogP contribution is -2.29. The van der Waals surface area contributed by atoms with Crippen molar-refractivity contribution in [2.24, 2.45) is 23.2 Å². The van der Waals surface area contributed by atoms with Gasteiger partial charge in [0.05, 0.1) is 6.61 Å². The van der Waals surface area contributed by atoms with Gasteiger partial charge in [-0.3, -0.25) is 0 Å². The number of hydrogen-bond acceptors (Lipinski definition) is 3. The fraction of sp³-hybridized carbons (Fsp3) is 0.480. The van der Waals surface area contributed by atoms with E-state index in [0.29, 0.717) is 23.4 Å². The predicted octanol–water partition coefficient (Wildman–Crippen LogP) is 6.82. The Bertz CT molecular complexity index is 972. The molecule has 2 atom stereocenters. The molecular weight excluding hydrogens is 433 g/mol. The Kier molecular flexibility index (Phi) is 5.62. The van der Waals surface area contributed by atoms with Crippen LogP contribution in [-0.4, -0.2) is 19.0 Å². The van der Waals surface area contributed by atoms with Crippen LogP contribution in [0.1, 0.15) is 38.5 Å². The van der Waals surface area contributed by atoms with Gasteiger partial charge in [0.2, 0.25) is 0 Å². The van der Waals surface area contributed by atoms with Gasteiger partial charge in [-0.05, 0) is 110 Å². The summed E-state index contributed by atoms with van der Waals surface area (Å²) < 4.78 is 46.4. The van der Waals surface area contributed by atoms with Gasteiger partial charge in [0.15, 0.2) is 0 Å². The SMILES string of the molecule is O=C(Nc1ccc(OCCC23CC4CC(C2)C(C4)C3)cc1)Nc1ccc(OC(F)(F)F)cc1. The highest BCUT2D eigenvalue weighted by Crippen LogP contribution is 2.65. The van der Waals surface area contributed by atoms with E-state index in [1.54, 1.807) is 12.1 Å². The Morgan fingerprint density at radius 2 is 1.42 bits per heavy atom. The average molecular weight is 460 g/mol. The fourth-order valence-corrected chi connectivity index (χ4v) is 6.34. The number of ether oxygens (including phenoxy) is 2. The van der Waals surface area contributed by atoms with Gasteiger partial charge >= 0.3 is 12.4 Å². The number of carbonyl (C=O) groups is 1. The summed E-state index contributed by atoms with van der Waals surface area (Å²) in [6.45, 7) is 0.716. The van der Waals surface area contributed by atoms with Crippen molar-refractivity contribution in [3.8, 4) is 11.5 Å². The number of carbonyl (C=O) groups excluding carboxylic acids is 1. The molecule has 0 radical (unpaired) electrons. The third-order valence-electron chi connectivity index (χ3n) is 7.41. The second kappa shape index (κ2) is 8.47. The molecule has 6 rings (SSSR count). The summed E-state index contributed by atoms with van der Waals surface area (Å²) in [5.74, 6) is 3.30. The lowest BCUT2D eigenvalue weighted by atomic mass is 9.68. The van der Waals surface area contributed by atoms with E-state index in [-0.39, 0.29) is 5.75 Å². The highest BCUT2D eigenvalue weighted by atomic mass is 19.4. The standard InChI is InChI=1S/C25H27F3N2O3/c26-25(27,28)33-22-7-3-20(4-8-22)30-23(31)29-19-1-5-21(6-2-19)32-10-9-24-13-16-11-17(14-24)18(12-16)15-24/h1-8,16-18H,9-15H2,(H2,29,30,31). The number of benzene rings is 2. The second-order valence-electron chi connectivity index (χ2n) is 9.74. The first-order valence-electron chi connectivity index (χ1n) is 11.4. The summed E-state index contributed by atoms with van der Waals surface area (Å²) in [7, 11) is 0. The van der Waals surface area contributed by atoms with Crippen molar-refractivity contribution in [2.75, 3.05) is 17.2 Å². The number of rotatable bonds is 7. The molecule has 0 aliphatic heterocycles. The summed E-state index contributed by atoms with van der Waals surface area (Å²) in [6, 6.07) is 11.6. The molecule has 2 amide bonds. The summed E-state index contributed by atoms with van der Waals surface area (Å²) in [5.41, 5.74) is 1.44. The number of urea groups is 1. The van der Waals surface area contributed by atoms with Crippen LogP contribution in [0, 0.1) is 23.2 Å². The van der Waals surface area contributed by atoms with Crippen LogP contribution in [0.4, 0.5) is 29.3 Å². The number of alkyl halides is 3. The van der Waals surface area contributed by atoms with Gasteiger partial charge in [0, 0.05) is 11.4 Å². The van der Waals surface area contributed by atoms with Crippen LogP contribution in [0.5, 0.6) is 11.5 Å². The largest absolute Gasteiger partial charge is 0.573 e. The van der Waals surface area contributed by atoms with Crippen molar-refractivity contribution < 1.29 is 27.4 Å². The van der Waals surface area contributed by atoms with E-state index in [0.717, 1.165) is 42.1 Å². The van der Waals surface area contributed by atoms with Crippen LogP contribution in [0.3, 0.4) is 0 Å². The molecule has 4 saturated carbocycles. The van der Waals surface area contributed by atoms with Crippen LogP contribution in [0.2, 0.25) is 0 Å². The molecule has 33 heavy (non-hydrogen) atoms. The van der Waals surface area contributed by atoms with Crippen LogP contribution in [-0.2, 0) is 0 Å². The van der Waals surface area contributed by atoms with Gasteiger partial charge in [-0.25, -0.2) is 4.79 Å². The lowest BCUT2D eigenvalue weighted by molar-refractivity contribution is -0.274. The molecule has 2 N–H and O–H groups in total. The molecule has 4 aliphatic carbocycles. The Morgan fingerprint density at radius 1 is 0.879 bits per heavy atom. The zero-order valence-corrected chi connectivity index (χ0v) is 18.2. The maximum atomic E-state index is 12.2. The minimum absolute atomic E-state index is 0.343. The quantitative estimate of drug-likeness (QED) is 0.476. The molecule has 0 aromatic heterocycles. The summed E-state index contributed by atoms with van der Waals surface area (Å²) in [6.07, 6.45) is 3.41. The molecule has 5 nitrogen and oxygen atoms in total. The molecule has 2 aromatic carbocycles. The average Bonchev–Trinajstić information content (AvgIpc) is 3.16. The van der Waals surface area contributed by atoms with Crippen molar-refractivity contribution in [2.45, 2.75) is 44.9 Å². The Hall–Kier alpha value is -2.90. The molecule has 0 saturated heterocycles. The molecule has 0 heterocycles. The monoisotopic (exact) mass is 460 g/mol. The van der Waals surface area contributed by atoms with Crippen LogP contribution >= 0.6 is 0 Å². The number of halogens is 3. The van der Waals surface area contributed by atoms with Crippen LogP contribution in [0.15, 0.2) is 48.5 Å². The van der Waals surface area contributed by atoms with E-state index >= 15 is 0 Å². The van der Waals surface area contributed by atoms with Crippen molar-refractivity contribution in [3.63, 3.8) is 0 Å². The number of amides is 2. The van der Waals surface area contributed by atoms with Crippen LogP contribution < -0.4 is 20.1 Å². The van der Waals surface area contributed by atoms with Gasteiger partial charge in [-0.15, -0.1) is 13.2 Å². The highest BCUT2D eigenvalue weighted by Gasteiger charge is 2.55. The molecule has 0 spiro atoms. The minimum Gasteiger partial charge on any atom is -0.494 e. The van der Waals surface area contributed by atoms with E-state index < -0.39 is 12.4 Å². The minimum atomic E-state index is -4.75. The van der Waals surface area contributed by atoms with E-state index in [9.17, 15) is 18.0 Å². The Balaban J connectivity index is 1.07. The molecule has 4 aliphatic rings. The Morgan fingerprint density at radius 3 is 1.94 bits per heavy atom. The van der Waals surface area contributed by atoms with Crippen molar-refractivity contribution in [1.29, 1.82) is 0 Å². The third-order valence-corrected chi connectivity index (χ3v) is 7.41. The number of nitrogens with one attached hydrogen (secondary N) is 2. The molecule has 8 heteroatoms. The maximum Gasteiger partial charge on any atom is 0.573 e. The zero-order valence-electron chi connectivity index (χ0n) is 18.2. The molecule has 4 fully saturated rings. The first-order valence-corrected chi connectivity index (χ1v) is 11.4. The van der Waals surface area contributed by atoms with Gasteiger partial charge in [-0.1, -0.05) is 0 Å². The van der Waals surface area contributed by atoms with E-state index in [4.69, 9.17) is 4.74 Å². The van der Waals surface area contributed by atoms with Crippen molar-refractivity contribution >= 4 is 17.4 Å². The second-order valence-corrected chi connectivity index (χ2v) is 9.74. The van der Waals surface area contributed by atoms with Crippen molar-refractivity contribution in [1.82, 2.24) is 0 Å². The van der Waals surface area contributed by atoms with E-state index in [2.05, 4.69) is 15.4 Å². The zero-order chi connectivity index (χ0) is 23.1. The third kappa shape index (κ3) is 5.20. The number of anilines is 2. The molecule has 176 valence electrons. The van der Waals surface area contributed by atoms with E-state index in [1.807, 2.05) is 12.1 Å². The first kappa shape index (κ1) is 21.9. The Labute approximate surface area is 190 Å². The topological polar surface area (TPSA) is 59.6 Å². The first-order chi connectivity index (χ1) is 15.8. The normalized spacial score (nSPS) is 27.4. The predicted molar refractivity (Wildman–Crippen MR) is 118 cm³/mol. The maximum absolute atomic E-state index is 12.2. The van der Waals surface area contributed by atoms with Gasteiger partial charge in [0.25, 0.3) is 0 Å².